The Hall–Kier alpha value is -2.21. The van der Waals surface area contributed by atoms with E-state index in [2.05, 4.69) is 28.4 Å². The number of hydrogen-bond acceptors (Lipinski definition) is 4. The van der Waals surface area contributed by atoms with Crippen molar-refractivity contribution in [1.82, 2.24) is 10.2 Å². The summed E-state index contributed by atoms with van der Waals surface area (Å²) in [6, 6.07) is 17.4. The molecule has 2 aromatic rings. The predicted octanol–water partition coefficient (Wildman–Crippen LogP) is 1.51. The van der Waals surface area contributed by atoms with Crippen molar-refractivity contribution in [3.63, 3.8) is 0 Å². The maximum Gasteiger partial charge on any atom is 0.251 e. The molecular weight excluding hydrogens is 314 g/mol. The van der Waals surface area contributed by atoms with Crippen molar-refractivity contribution < 1.29 is 9.90 Å². The second kappa shape index (κ2) is 7.78. The van der Waals surface area contributed by atoms with Crippen molar-refractivity contribution in [2.45, 2.75) is 25.1 Å². The van der Waals surface area contributed by atoms with Gasteiger partial charge in [0.1, 0.15) is 5.72 Å². The highest BCUT2D eigenvalue weighted by Gasteiger charge is 2.26. The first-order valence-corrected chi connectivity index (χ1v) is 8.67. The lowest BCUT2D eigenvalue weighted by molar-refractivity contribution is -0.00158. The molecule has 3 rings (SSSR count). The molecule has 0 bridgehead atoms. The fourth-order valence-corrected chi connectivity index (χ4v) is 3.24. The normalized spacial score (nSPS) is 16.7. The zero-order valence-electron chi connectivity index (χ0n) is 14.3. The molecule has 0 saturated heterocycles. The van der Waals surface area contributed by atoms with Gasteiger partial charge >= 0.3 is 0 Å². The standard InChI is InChI=1S/C20H25N3O2/c21-20(25,11-12-22-19(24)17-7-2-1-3-8-17)15-23-13-10-16-6-4-5-9-18(16)14-23/h1-9,25H,10-15,21H2,(H,22,24). The maximum atomic E-state index is 12.0. The molecule has 1 aliphatic heterocycles. The van der Waals surface area contributed by atoms with Gasteiger partial charge in [0.2, 0.25) is 0 Å². The van der Waals surface area contributed by atoms with Gasteiger partial charge in [0.05, 0.1) is 0 Å². The summed E-state index contributed by atoms with van der Waals surface area (Å²) >= 11 is 0. The third kappa shape index (κ3) is 4.89. The van der Waals surface area contributed by atoms with E-state index in [4.69, 9.17) is 5.73 Å². The Morgan fingerprint density at radius 3 is 2.56 bits per heavy atom. The van der Waals surface area contributed by atoms with Crippen LogP contribution < -0.4 is 11.1 Å². The molecule has 5 nitrogen and oxygen atoms in total. The Morgan fingerprint density at radius 1 is 1.12 bits per heavy atom. The van der Waals surface area contributed by atoms with Gasteiger partial charge in [0.15, 0.2) is 0 Å². The van der Waals surface area contributed by atoms with E-state index in [0.717, 1.165) is 19.5 Å². The SMILES string of the molecule is NC(O)(CCNC(=O)c1ccccc1)CN1CCc2ccccc2C1. The molecule has 25 heavy (non-hydrogen) atoms. The Balaban J connectivity index is 1.47. The number of rotatable bonds is 6. The van der Waals surface area contributed by atoms with Crippen LogP contribution in [0, 0.1) is 0 Å². The molecule has 0 spiro atoms. The summed E-state index contributed by atoms with van der Waals surface area (Å²) in [7, 11) is 0. The van der Waals surface area contributed by atoms with Gasteiger partial charge in [-0.25, -0.2) is 0 Å². The summed E-state index contributed by atoms with van der Waals surface area (Å²) in [4.78, 5) is 14.2. The lowest BCUT2D eigenvalue weighted by Crippen LogP contribution is -2.52. The van der Waals surface area contributed by atoms with Crippen molar-refractivity contribution in [3.8, 4) is 0 Å². The molecule has 5 heteroatoms. The van der Waals surface area contributed by atoms with Gasteiger partial charge in [-0.05, 0) is 29.7 Å². The van der Waals surface area contributed by atoms with Crippen molar-refractivity contribution in [2.24, 2.45) is 5.73 Å². The third-order valence-electron chi connectivity index (χ3n) is 4.59. The van der Waals surface area contributed by atoms with Crippen LogP contribution >= 0.6 is 0 Å². The monoisotopic (exact) mass is 339 g/mol. The van der Waals surface area contributed by atoms with Crippen LogP contribution in [0.25, 0.3) is 0 Å². The smallest absolute Gasteiger partial charge is 0.251 e. The number of amides is 1. The molecule has 0 saturated carbocycles. The number of nitrogens with zero attached hydrogens (tertiary/aromatic N) is 1. The third-order valence-corrected chi connectivity index (χ3v) is 4.59. The minimum absolute atomic E-state index is 0.150. The second-order valence-corrected chi connectivity index (χ2v) is 6.70. The van der Waals surface area contributed by atoms with Gasteiger partial charge in [0, 0.05) is 38.2 Å². The van der Waals surface area contributed by atoms with E-state index in [1.807, 2.05) is 24.3 Å². The molecule has 1 aliphatic rings. The van der Waals surface area contributed by atoms with Crippen LogP contribution in [0.15, 0.2) is 54.6 Å². The van der Waals surface area contributed by atoms with Crippen molar-refractivity contribution in [3.05, 3.63) is 71.3 Å². The summed E-state index contributed by atoms with van der Waals surface area (Å²) in [5.41, 5.74) is 8.00. The topological polar surface area (TPSA) is 78.6 Å². The van der Waals surface area contributed by atoms with Gasteiger partial charge in [0.25, 0.3) is 5.91 Å². The highest BCUT2D eigenvalue weighted by atomic mass is 16.3. The van der Waals surface area contributed by atoms with Gasteiger partial charge in [-0.1, -0.05) is 42.5 Å². The largest absolute Gasteiger partial charge is 0.375 e. The zero-order valence-corrected chi connectivity index (χ0v) is 14.3. The van der Waals surface area contributed by atoms with Gasteiger partial charge < -0.3 is 16.2 Å². The highest BCUT2D eigenvalue weighted by molar-refractivity contribution is 5.94. The number of aliphatic hydroxyl groups is 1. The summed E-state index contributed by atoms with van der Waals surface area (Å²) in [6.45, 7) is 2.41. The number of hydrogen-bond donors (Lipinski definition) is 3. The van der Waals surface area contributed by atoms with E-state index in [0.29, 0.717) is 25.1 Å². The van der Waals surface area contributed by atoms with Crippen molar-refractivity contribution in [1.29, 1.82) is 0 Å². The van der Waals surface area contributed by atoms with E-state index in [9.17, 15) is 9.90 Å². The Labute approximate surface area is 148 Å². The highest BCUT2D eigenvalue weighted by Crippen LogP contribution is 2.19. The first-order chi connectivity index (χ1) is 12.0. The van der Waals surface area contributed by atoms with Crippen LogP contribution in [0.2, 0.25) is 0 Å². The molecule has 0 radical (unpaired) electrons. The minimum atomic E-state index is -1.32. The molecule has 1 amide bonds. The number of β-amino-alcohol motifs (C(OH)–C–C–N with tert-alkyl or cyclic N) is 1. The summed E-state index contributed by atoms with van der Waals surface area (Å²) in [6.07, 6.45) is 1.28. The maximum absolute atomic E-state index is 12.0. The summed E-state index contributed by atoms with van der Waals surface area (Å²) in [5, 5.41) is 13.3. The van der Waals surface area contributed by atoms with Gasteiger partial charge in [-0.3, -0.25) is 9.69 Å². The number of nitrogens with one attached hydrogen (secondary N) is 1. The number of fused-ring (bicyclic) bond motifs is 1. The fraction of sp³-hybridized carbons (Fsp3) is 0.350. The molecule has 1 atom stereocenters. The lowest BCUT2D eigenvalue weighted by Gasteiger charge is -2.34. The molecule has 132 valence electrons. The summed E-state index contributed by atoms with van der Waals surface area (Å²) in [5.74, 6) is -0.150. The average molecular weight is 339 g/mol. The molecule has 0 aromatic heterocycles. The quantitative estimate of drug-likeness (QED) is 0.697. The molecular formula is C20H25N3O2. The molecule has 4 N–H and O–H groups in total. The van der Waals surface area contributed by atoms with Crippen molar-refractivity contribution in [2.75, 3.05) is 19.6 Å². The Bertz CT molecular complexity index is 716. The first-order valence-electron chi connectivity index (χ1n) is 8.67. The second-order valence-electron chi connectivity index (χ2n) is 6.70. The Morgan fingerprint density at radius 2 is 1.80 bits per heavy atom. The van der Waals surface area contributed by atoms with E-state index < -0.39 is 5.72 Å². The minimum Gasteiger partial charge on any atom is -0.375 e. The van der Waals surface area contributed by atoms with Gasteiger partial charge in [-0.2, -0.15) is 0 Å². The van der Waals surface area contributed by atoms with Crippen LogP contribution in [0.5, 0.6) is 0 Å². The van der Waals surface area contributed by atoms with Crippen LogP contribution in [0.1, 0.15) is 27.9 Å². The van der Waals surface area contributed by atoms with Gasteiger partial charge in [-0.15, -0.1) is 0 Å². The van der Waals surface area contributed by atoms with E-state index >= 15 is 0 Å². The first kappa shape index (κ1) is 17.6. The van der Waals surface area contributed by atoms with Crippen LogP contribution in [0.3, 0.4) is 0 Å². The van der Waals surface area contributed by atoms with Crippen molar-refractivity contribution >= 4 is 5.91 Å². The molecule has 0 fully saturated rings. The molecule has 2 aromatic carbocycles. The van der Waals surface area contributed by atoms with E-state index in [1.165, 1.54) is 11.1 Å². The Kier molecular flexibility index (Phi) is 5.48. The van der Waals surface area contributed by atoms with Crippen LogP contribution in [0.4, 0.5) is 0 Å². The van der Waals surface area contributed by atoms with E-state index in [-0.39, 0.29) is 5.91 Å². The summed E-state index contributed by atoms with van der Waals surface area (Å²) < 4.78 is 0. The zero-order chi connectivity index (χ0) is 17.7. The predicted molar refractivity (Wildman–Crippen MR) is 98.0 cm³/mol. The molecule has 1 unspecified atom stereocenters. The van der Waals surface area contributed by atoms with Crippen LogP contribution in [-0.4, -0.2) is 41.3 Å². The van der Waals surface area contributed by atoms with Crippen LogP contribution in [-0.2, 0) is 13.0 Å². The molecule has 1 heterocycles. The fourth-order valence-electron chi connectivity index (χ4n) is 3.24. The number of benzene rings is 2. The number of carbonyl (C=O) groups excluding carboxylic acids is 1. The average Bonchev–Trinajstić information content (AvgIpc) is 2.61. The number of nitrogens with two attached hydrogens (primary N) is 1. The number of carbonyl (C=O) groups is 1. The lowest BCUT2D eigenvalue weighted by atomic mass is 9.99. The molecule has 0 aliphatic carbocycles. The van der Waals surface area contributed by atoms with E-state index in [1.54, 1.807) is 12.1 Å².